The summed E-state index contributed by atoms with van der Waals surface area (Å²) in [6.45, 7) is -0.525. The molecule has 0 bridgehead atoms. The van der Waals surface area contributed by atoms with Gasteiger partial charge in [-0.3, -0.25) is 9.59 Å². The summed E-state index contributed by atoms with van der Waals surface area (Å²) in [6, 6.07) is 3.57. The maximum absolute atomic E-state index is 12.6. The van der Waals surface area contributed by atoms with Gasteiger partial charge in [0, 0.05) is 12.4 Å². The summed E-state index contributed by atoms with van der Waals surface area (Å²) in [5, 5.41) is -0.584. The third-order valence-electron chi connectivity index (χ3n) is 2.58. The molecule has 0 spiro atoms. The summed E-state index contributed by atoms with van der Waals surface area (Å²) in [4.78, 5) is 26.1. The van der Waals surface area contributed by atoms with Crippen LogP contribution in [-0.4, -0.2) is 15.3 Å². The van der Waals surface area contributed by atoms with Crippen molar-refractivity contribution in [2.75, 3.05) is 0 Å². The first-order chi connectivity index (χ1) is 9.29. The maximum Gasteiger partial charge on any atom is 0.417 e. The average molecular weight is 305 g/mol. The number of rotatable bonds is 3. The van der Waals surface area contributed by atoms with E-state index < -0.39 is 34.6 Å². The minimum atomic E-state index is -4.64. The summed E-state index contributed by atoms with van der Waals surface area (Å²) < 4.78 is 38.5. The van der Waals surface area contributed by atoms with Gasteiger partial charge in [0.05, 0.1) is 17.8 Å². The van der Waals surface area contributed by atoms with Crippen molar-refractivity contribution in [3.8, 4) is 0 Å². The van der Waals surface area contributed by atoms with Crippen molar-refractivity contribution in [3.05, 3.63) is 57.2 Å². The quantitative estimate of drug-likeness (QED) is 0.887. The Bertz CT molecular complexity index is 690. The predicted molar refractivity (Wildman–Crippen MR) is 65.8 cm³/mol. The van der Waals surface area contributed by atoms with E-state index in [1.807, 2.05) is 0 Å². The number of aromatic amines is 1. The number of hydrogen-bond acceptors (Lipinski definition) is 2. The number of alkyl halides is 3. The molecule has 2 aromatic rings. The van der Waals surface area contributed by atoms with Gasteiger partial charge in [0.2, 0.25) is 0 Å². The highest BCUT2D eigenvalue weighted by Gasteiger charge is 2.32. The molecule has 106 valence electrons. The Balaban J connectivity index is 2.39. The van der Waals surface area contributed by atoms with E-state index in [9.17, 15) is 22.8 Å². The highest BCUT2D eigenvalue weighted by molar-refractivity contribution is 6.30. The van der Waals surface area contributed by atoms with Crippen molar-refractivity contribution in [1.29, 1.82) is 0 Å². The van der Waals surface area contributed by atoms with Crippen molar-refractivity contribution in [3.63, 3.8) is 0 Å². The monoisotopic (exact) mass is 304 g/mol. The van der Waals surface area contributed by atoms with Crippen molar-refractivity contribution < 1.29 is 18.0 Å². The fourth-order valence-corrected chi connectivity index (χ4v) is 1.84. The molecule has 0 aliphatic rings. The number of Topliss-reactive ketones (excluding diaryl/α,β-unsaturated/α-hetero) is 1. The molecule has 20 heavy (non-hydrogen) atoms. The molecule has 0 saturated heterocycles. The van der Waals surface area contributed by atoms with Crippen molar-refractivity contribution in [1.82, 2.24) is 9.55 Å². The van der Waals surface area contributed by atoms with Crippen LogP contribution in [0.2, 0.25) is 5.02 Å². The lowest BCUT2D eigenvalue weighted by atomic mass is 10.2. The van der Waals surface area contributed by atoms with Crippen LogP contribution in [0.25, 0.3) is 0 Å². The molecular formula is C12H8ClF3N2O2. The number of hydrogen-bond donors (Lipinski definition) is 1. The summed E-state index contributed by atoms with van der Waals surface area (Å²) in [7, 11) is 0. The highest BCUT2D eigenvalue weighted by Crippen LogP contribution is 2.29. The summed E-state index contributed by atoms with van der Waals surface area (Å²) >= 11 is 5.48. The minimum Gasteiger partial charge on any atom is -0.359 e. The van der Waals surface area contributed by atoms with Crippen molar-refractivity contribution in [2.45, 2.75) is 12.7 Å². The van der Waals surface area contributed by atoms with E-state index >= 15 is 0 Å². The molecule has 0 unspecified atom stereocenters. The molecule has 0 saturated carbocycles. The molecule has 1 N–H and O–H groups in total. The maximum atomic E-state index is 12.6. The van der Waals surface area contributed by atoms with Gasteiger partial charge in [-0.1, -0.05) is 11.6 Å². The van der Waals surface area contributed by atoms with Gasteiger partial charge in [-0.05, 0) is 18.2 Å². The number of carbonyl (C=O) groups excluding carboxylic acids is 1. The van der Waals surface area contributed by atoms with Crippen LogP contribution in [0.3, 0.4) is 0 Å². The van der Waals surface area contributed by atoms with Crippen LogP contribution in [0.15, 0.2) is 35.4 Å². The molecular weight excluding hydrogens is 297 g/mol. The lowest BCUT2D eigenvalue weighted by molar-refractivity contribution is -0.138. The number of halogens is 4. The zero-order valence-corrected chi connectivity index (χ0v) is 10.6. The normalized spacial score (nSPS) is 11.6. The van der Waals surface area contributed by atoms with E-state index in [0.29, 0.717) is 16.8 Å². The van der Waals surface area contributed by atoms with Crippen molar-refractivity contribution >= 4 is 17.4 Å². The number of ketones is 1. The second-order valence-electron chi connectivity index (χ2n) is 4.01. The third-order valence-corrected chi connectivity index (χ3v) is 2.85. The highest BCUT2D eigenvalue weighted by atomic mass is 35.5. The largest absolute Gasteiger partial charge is 0.417 e. The van der Waals surface area contributed by atoms with Crippen LogP contribution in [0.5, 0.6) is 0 Å². The van der Waals surface area contributed by atoms with Gasteiger partial charge in [-0.15, -0.1) is 0 Å². The van der Waals surface area contributed by atoms with Crippen LogP contribution in [-0.2, 0) is 12.7 Å². The fraction of sp³-hybridized carbons (Fsp3) is 0.167. The van der Waals surface area contributed by atoms with Gasteiger partial charge in [0.25, 0.3) is 5.56 Å². The third kappa shape index (κ3) is 2.93. The standard InChI is InChI=1S/C12H8ClF3N2O2/c13-8-4-7(12(14,15)16)5-18(11(8)20)6-10(19)9-2-1-3-17-9/h1-5,17H,6H2. The summed E-state index contributed by atoms with van der Waals surface area (Å²) in [5.41, 5.74) is -1.73. The van der Waals surface area contributed by atoms with E-state index in [2.05, 4.69) is 4.98 Å². The molecule has 0 amide bonds. The molecule has 0 aromatic carbocycles. The smallest absolute Gasteiger partial charge is 0.359 e. The van der Waals surface area contributed by atoms with Crippen LogP contribution >= 0.6 is 11.6 Å². The predicted octanol–water partition coefficient (Wildman–Crippen LogP) is 2.73. The van der Waals surface area contributed by atoms with Crippen LogP contribution in [0.1, 0.15) is 16.1 Å². The van der Waals surface area contributed by atoms with Crippen LogP contribution in [0.4, 0.5) is 13.2 Å². The molecule has 2 heterocycles. The molecule has 0 aliphatic carbocycles. The van der Waals surface area contributed by atoms with Crippen molar-refractivity contribution in [2.24, 2.45) is 0 Å². The Morgan fingerprint density at radius 3 is 2.65 bits per heavy atom. The summed E-state index contributed by atoms with van der Waals surface area (Å²) in [6.07, 6.45) is -2.57. The van der Waals surface area contributed by atoms with Gasteiger partial charge in [0.15, 0.2) is 5.78 Å². The first kappa shape index (κ1) is 14.4. The zero-order valence-electron chi connectivity index (χ0n) is 9.87. The Morgan fingerprint density at radius 1 is 1.40 bits per heavy atom. The van der Waals surface area contributed by atoms with E-state index in [1.54, 1.807) is 6.07 Å². The van der Waals surface area contributed by atoms with Gasteiger partial charge in [0.1, 0.15) is 5.02 Å². The van der Waals surface area contributed by atoms with E-state index in [-0.39, 0.29) is 5.69 Å². The Labute approximate surface area is 115 Å². The zero-order chi connectivity index (χ0) is 14.9. The number of nitrogens with zero attached hydrogens (tertiary/aromatic N) is 1. The topological polar surface area (TPSA) is 54.9 Å². The summed E-state index contributed by atoms with van der Waals surface area (Å²) in [5.74, 6) is -0.521. The van der Waals surface area contributed by atoms with Gasteiger partial charge in [-0.25, -0.2) is 0 Å². The molecule has 2 aromatic heterocycles. The second-order valence-corrected chi connectivity index (χ2v) is 4.42. The molecule has 0 fully saturated rings. The molecule has 0 aliphatic heterocycles. The number of carbonyl (C=O) groups is 1. The second kappa shape index (κ2) is 5.16. The molecule has 0 radical (unpaired) electrons. The van der Waals surface area contributed by atoms with Gasteiger partial charge >= 0.3 is 6.18 Å². The average Bonchev–Trinajstić information content (AvgIpc) is 2.87. The Hall–Kier alpha value is -2.02. The van der Waals surface area contributed by atoms with Crippen LogP contribution in [0, 0.1) is 0 Å². The molecule has 0 atom stereocenters. The molecule has 2 rings (SSSR count). The number of pyridine rings is 1. The van der Waals surface area contributed by atoms with Crippen LogP contribution < -0.4 is 5.56 Å². The van der Waals surface area contributed by atoms with Gasteiger partial charge in [-0.2, -0.15) is 13.2 Å². The number of H-pyrrole nitrogens is 1. The molecule has 8 heteroatoms. The van der Waals surface area contributed by atoms with E-state index in [1.165, 1.54) is 12.3 Å². The lowest BCUT2D eigenvalue weighted by Crippen LogP contribution is -2.26. The van der Waals surface area contributed by atoms with Gasteiger partial charge < -0.3 is 9.55 Å². The lowest BCUT2D eigenvalue weighted by Gasteiger charge is -2.11. The number of nitrogens with one attached hydrogen (secondary N) is 1. The number of aromatic nitrogens is 2. The molecule has 4 nitrogen and oxygen atoms in total. The van der Waals surface area contributed by atoms with E-state index in [0.717, 1.165) is 0 Å². The first-order valence-electron chi connectivity index (χ1n) is 5.43. The SMILES string of the molecule is O=C(Cn1cc(C(F)(F)F)cc(Cl)c1=O)c1ccc[nH]1. The first-order valence-corrected chi connectivity index (χ1v) is 5.80. The Kier molecular flexibility index (Phi) is 3.71. The van der Waals surface area contributed by atoms with E-state index in [4.69, 9.17) is 11.6 Å². The fourth-order valence-electron chi connectivity index (χ4n) is 1.62. The minimum absolute atomic E-state index is 0.199. The Morgan fingerprint density at radius 2 is 2.10 bits per heavy atom.